The molecule has 4 rings (SSSR count). The van der Waals surface area contributed by atoms with Crippen molar-refractivity contribution in [3.8, 4) is 0 Å². The minimum atomic E-state index is -0.510. The van der Waals surface area contributed by atoms with Crippen LogP contribution in [-0.2, 0) is 6.54 Å². The minimum absolute atomic E-state index is 0.0147. The fourth-order valence-corrected chi connectivity index (χ4v) is 5.06. The number of carbonyl (C=O) groups excluding carboxylic acids is 1. The van der Waals surface area contributed by atoms with Crippen LogP contribution in [0.1, 0.15) is 39.5 Å². The third-order valence-corrected chi connectivity index (χ3v) is 6.67. The van der Waals surface area contributed by atoms with E-state index in [1.165, 1.54) is 23.1 Å². The highest BCUT2D eigenvalue weighted by Crippen LogP contribution is 2.40. The maximum atomic E-state index is 14.1. The Kier molecular flexibility index (Phi) is 4.75. The van der Waals surface area contributed by atoms with Gasteiger partial charge in [-0.3, -0.25) is 9.69 Å². The number of hydrogen-bond acceptors (Lipinski definition) is 4. The number of aromatic nitrogens is 1. The summed E-state index contributed by atoms with van der Waals surface area (Å²) in [6, 6.07) is 4.16. The quantitative estimate of drug-likeness (QED) is 0.786. The molecule has 0 N–H and O–H groups in total. The van der Waals surface area contributed by atoms with E-state index in [1.54, 1.807) is 16.2 Å². The van der Waals surface area contributed by atoms with Crippen molar-refractivity contribution in [3.63, 3.8) is 0 Å². The Bertz CT molecular complexity index is 842. The van der Waals surface area contributed by atoms with E-state index in [4.69, 9.17) is 11.6 Å². The van der Waals surface area contributed by atoms with E-state index < -0.39 is 5.82 Å². The SMILES string of the molecule is Cc1ncc(CN2CC[C@]23CCCN(C(=O)c2cc(Cl)ccc2F)C3)s1. The van der Waals surface area contributed by atoms with Gasteiger partial charge in [-0.1, -0.05) is 11.6 Å². The van der Waals surface area contributed by atoms with Gasteiger partial charge < -0.3 is 4.90 Å². The highest BCUT2D eigenvalue weighted by Gasteiger charge is 2.48. The number of hydrogen-bond donors (Lipinski definition) is 0. The van der Waals surface area contributed by atoms with E-state index in [-0.39, 0.29) is 17.0 Å². The number of amides is 1. The summed E-state index contributed by atoms with van der Waals surface area (Å²) in [5.41, 5.74) is 0.0828. The number of carbonyl (C=O) groups is 1. The molecule has 26 heavy (non-hydrogen) atoms. The van der Waals surface area contributed by atoms with E-state index in [2.05, 4.69) is 9.88 Å². The molecule has 0 unspecified atom stereocenters. The number of likely N-dealkylation sites (tertiary alicyclic amines) is 2. The Labute approximate surface area is 161 Å². The van der Waals surface area contributed by atoms with Crippen LogP contribution in [0.15, 0.2) is 24.4 Å². The molecule has 1 atom stereocenters. The van der Waals surface area contributed by atoms with Gasteiger partial charge in [-0.25, -0.2) is 9.37 Å². The van der Waals surface area contributed by atoms with Crippen LogP contribution in [0, 0.1) is 12.7 Å². The normalized spacial score (nSPS) is 23.3. The molecule has 2 saturated heterocycles. The maximum Gasteiger partial charge on any atom is 0.256 e. The topological polar surface area (TPSA) is 36.4 Å². The highest BCUT2D eigenvalue weighted by molar-refractivity contribution is 7.11. The smallest absolute Gasteiger partial charge is 0.256 e. The predicted octanol–water partition coefficient (Wildman–Crippen LogP) is 4.12. The Morgan fingerprint density at radius 3 is 2.92 bits per heavy atom. The number of aryl methyl sites for hydroxylation is 1. The Morgan fingerprint density at radius 1 is 1.38 bits per heavy atom. The molecule has 1 aromatic carbocycles. The molecule has 0 aliphatic carbocycles. The van der Waals surface area contributed by atoms with Gasteiger partial charge in [-0.05, 0) is 44.4 Å². The summed E-state index contributed by atoms with van der Waals surface area (Å²) in [5, 5.41) is 1.46. The van der Waals surface area contributed by atoms with Crippen LogP contribution in [0.3, 0.4) is 0 Å². The van der Waals surface area contributed by atoms with E-state index in [9.17, 15) is 9.18 Å². The van der Waals surface area contributed by atoms with Gasteiger partial charge in [0, 0.05) is 47.8 Å². The summed E-state index contributed by atoms with van der Waals surface area (Å²) in [4.78, 5) is 22.7. The fraction of sp³-hybridized carbons (Fsp3) is 0.474. The molecule has 7 heteroatoms. The van der Waals surface area contributed by atoms with Crippen LogP contribution < -0.4 is 0 Å². The molecule has 2 aliphatic rings. The van der Waals surface area contributed by atoms with Gasteiger partial charge in [0.15, 0.2) is 0 Å². The van der Waals surface area contributed by atoms with E-state index >= 15 is 0 Å². The Hall–Kier alpha value is -1.50. The fourth-order valence-electron chi connectivity index (χ4n) is 4.08. The molecule has 0 saturated carbocycles. The zero-order chi connectivity index (χ0) is 18.3. The van der Waals surface area contributed by atoms with Gasteiger partial charge in [0.1, 0.15) is 5.82 Å². The summed E-state index contributed by atoms with van der Waals surface area (Å²) in [7, 11) is 0. The zero-order valence-electron chi connectivity index (χ0n) is 14.7. The van der Waals surface area contributed by atoms with Crippen molar-refractivity contribution < 1.29 is 9.18 Å². The summed E-state index contributed by atoms with van der Waals surface area (Å²) in [6.07, 6.45) is 5.03. The van der Waals surface area contributed by atoms with Gasteiger partial charge in [-0.2, -0.15) is 0 Å². The molecule has 2 aromatic rings. The van der Waals surface area contributed by atoms with Crippen molar-refractivity contribution in [1.29, 1.82) is 0 Å². The molecule has 0 bridgehead atoms. The number of halogens is 2. The third kappa shape index (κ3) is 3.26. The van der Waals surface area contributed by atoms with Gasteiger partial charge in [0.25, 0.3) is 5.91 Å². The largest absolute Gasteiger partial charge is 0.337 e. The first-order valence-electron chi connectivity index (χ1n) is 8.88. The summed E-state index contributed by atoms with van der Waals surface area (Å²) in [5.74, 6) is -0.769. The molecule has 2 fully saturated rings. The van der Waals surface area contributed by atoms with Gasteiger partial charge in [-0.15, -0.1) is 11.3 Å². The Balaban J connectivity index is 1.50. The van der Waals surface area contributed by atoms with Crippen LogP contribution >= 0.6 is 22.9 Å². The standard InChI is InChI=1S/C19H21ClFN3OS/c1-13-22-10-15(26-13)11-24-8-6-19(24)5-2-7-23(12-19)18(25)16-9-14(20)3-4-17(16)21/h3-4,9-10H,2,5-8,11-12H2,1H3/t19-/m0/s1. The molecule has 3 heterocycles. The van der Waals surface area contributed by atoms with Crippen molar-refractivity contribution in [3.05, 3.63) is 50.7 Å². The molecule has 138 valence electrons. The number of piperidine rings is 1. The van der Waals surface area contributed by atoms with Crippen LogP contribution in [-0.4, -0.2) is 45.9 Å². The maximum absolute atomic E-state index is 14.1. The first kappa shape index (κ1) is 17.9. The lowest BCUT2D eigenvalue weighted by Crippen LogP contribution is -2.66. The monoisotopic (exact) mass is 393 g/mol. The van der Waals surface area contributed by atoms with E-state index in [0.29, 0.717) is 18.1 Å². The van der Waals surface area contributed by atoms with Crippen LogP contribution in [0.2, 0.25) is 5.02 Å². The third-order valence-electron chi connectivity index (χ3n) is 5.54. The lowest BCUT2D eigenvalue weighted by molar-refractivity contribution is -0.0643. The van der Waals surface area contributed by atoms with Crippen molar-refractivity contribution >= 4 is 28.8 Å². The van der Waals surface area contributed by atoms with Crippen molar-refractivity contribution in [1.82, 2.24) is 14.8 Å². The molecule has 2 aliphatic heterocycles. The van der Waals surface area contributed by atoms with Crippen molar-refractivity contribution in [2.24, 2.45) is 0 Å². The molecule has 1 amide bonds. The predicted molar refractivity (Wildman–Crippen MR) is 101 cm³/mol. The first-order chi connectivity index (χ1) is 12.5. The second-order valence-corrected chi connectivity index (χ2v) is 8.95. The van der Waals surface area contributed by atoms with Gasteiger partial charge in [0.2, 0.25) is 0 Å². The zero-order valence-corrected chi connectivity index (χ0v) is 16.2. The average Bonchev–Trinajstić information content (AvgIpc) is 3.05. The summed E-state index contributed by atoms with van der Waals surface area (Å²) >= 11 is 7.68. The van der Waals surface area contributed by atoms with E-state index in [1.807, 2.05) is 13.1 Å². The first-order valence-corrected chi connectivity index (χ1v) is 10.1. The van der Waals surface area contributed by atoms with Crippen molar-refractivity contribution in [2.45, 2.75) is 38.3 Å². The lowest BCUT2D eigenvalue weighted by atomic mass is 9.77. The number of rotatable bonds is 3. The van der Waals surface area contributed by atoms with E-state index in [0.717, 1.165) is 37.4 Å². The van der Waals surface area contributed by atoms with Gasteiger partial charge >= 0.3 is 0 Å². The van der Waals surface area contributed by atoms with Crippen molar-refractivity contribution in [2.75, 3.05) is 19.6 Å². The molecule has 1 aromatic heterocycles. The number of thiazole rings is 1. The molecule has 0 radical (unpaired) electrons. The Morgan fingerprint density at radius 2 is 2.23 bits per heavy atom. The van der Waals surface area contributed by atoms with Crippen LogP contribution in [0.5, 0.6) is 0 Å². The minimum Gasteiger partial charge on any atom is -0.337 e. The molecule has 1 spiro atoms. The average molecular weight is 394 g/mol. The lowest BCUT2D eigenvalue weighted by Gasteiger charge is -2.57. The second kappa shape index (κ2) is 6.91. The second-order valence-electron chi connectivity index (χ2n) is 7.20. The van der Waals surface area contributed by atoms with Crippen LogP contribution in [0.25, 0.3) is 0 Å². The van der Waals surface area contributed by atoms with Crippen LogP contribution in [0.4, 0.5) is 4.39 Å². The summed E-state index contributed by atoms with van der Waals surface area (Å²) in [6.45, 7) is 5.24. The highest BCUT2D eigenvalue weighted by atomic mass is 35.5. The number of benzene rings is 1. The number of nitrogens with zero attached hydrogens (tertiary/aromatic N) is 3. The summed E-state index contributed by atoms with van der Waals surface area (Å²) < 4.78 is 14.1. The molecule has 4 nitrogen and oxygen atoms in total. The van der Waals surface area contributed by atoms with Gasteiger partial charge in [0.05, 0.1) is 10.6 Å². The molecular formula is C19H21ClFN3OS. The molecular weight excluding hydrogens is 373 g/mol.